The number of nitrogens with zero attached hydrogens (tertiary/aromatic N) is 4. The van der Waals surface area contributed by atoms with Gasteiger partial charge in [-0.1, -0.05) is 6.92 Å². The van der Waals surface area contributed by atoms with Gasteiger partial charge in [-0.05, 0) is 36.4 Å². The molecule has 1 fully saturated rings. The molecular formula is C13H22BrN5. The molecule has 1 aromatic rings. The molecule has 1 unspecified atom stereocenters. The predicted molar refractivity (Wildman–Crippen MR) is 81.4 cm³/mol. The molecule has 1 aromatic heterocycles. The van der Waals surface area contributed by atoms with E-state index >= 15 is 0 Å². The van der Waals surface area contributed by atoms with Crippen LogP contribution in [0.25, 0.3) is 0 Å². The third-order valence-corrected chi connectivity index (χ3v) is 4.03. The number of anilines is 1. The highest BCUT2D eigenvalue weighted by molar-refractivity contribution is 9.10. The van der Waals surface area contributed by atoms with Gasteiger partial charge in [-0.25, -0.2) is 9.97 Å². The summed E-state index contributed by atoms with van der Waals surface area (Å²) in [6.07, 6.45) is 2.93. The van der Waals surface area contributed by atoms with Crippen LogP contribution in [0.3, 0.4) is 0 Å². The maximum Gasteiger partial charge on any atom is 0.149 e. The van der Waals surface area contributed by atoms with E-state index in [1.165, 1.54) is 0 Å². The highest BCUT2D eigenvalue weighted by atomic mass is 79.9. The van der Waals surface area contributed by atoms with Crippen LogP contribution in [0.2, 0.25) is 0 Å². The zero-order chi connectivity index (χ0) is 13.8. The van der Waals surface area contributed by atoms with Crippen LogP contribution in [0.4, 0.5) is 5.82 Å². The molecule has 0 radical (unpaired) electrons. The monoisotopic (exact) mass is 327 g/mol. The van der Waals surface area contributed by atoms with Gasteiger partial charge in [0.25, 0.3) is 0 Å². The molecule has 106 valence electrons. The van der Waals surface area contributed by atoms with Crippen LogP contribution in [-0.4, -0.2) is 60.0 Å². The van der Waals surface area contributed by atoms with Gasteiger partial charge < -0.3 is 10.2 Å². The Kier molecular flexibility index (Phi) is 5.13. The molecule has 0 saturated carbocycles. The first-order valence-electron chi connectivity index (χ1n) is 6.77. The van der Waals surface area contributed by atoms with Gasteiger partial charge in [-0.15, -0.1) is 0 Å². The number of rotatable bonds is 4. The second-order valence-electron chi connectivity index (χ2n) is 5.11. The van der Waals surface area contributed by atoms with Crippen molar-refractivity contribution in [3.8, 4) is 0 Å². The van der Waals surface area contributed by atoms with Gasteiger partial charge in [0.15, 0.2) is 0 Å². The lowest BCUT2D eigenvalue weighted by molar-refractivity contribution is 0.109. The maximum absolute atomic E-state index is 4.68. The Labute approximate surface area is 123 Å². The van der Waals surface area contributed by atoms with Crippen molar-refractivity contribution < 1.29 is 0 Å². The van der Waals surface area contributed by atoms with Gasteiger partial charge in [0.1, 0.15) is 11.6 Å². The molecule has 0 aromatic carbocycles. The van der Waals surface area contributed by atoms with Gasteiger partial charge >= 0.3 is 0 Å². The second kappa shape index (κ2) is 6.63. The number of aromatic nitrogens is 2. The fourth-order valence-corrected chi connectivity index (χ4v) is 2.53. The fraction of sp³-hybridized carbons (Fsp3) is 0.692. The first kappa shape index (κ1) is 14.7. The van der Waals surface area contributed by atoms with E-state index in [0.29, 0.717) is 0 Å². The Morgan fingerprint density at radius 1 is 1.42 bits per heavy atom. The first-order chi connectivity index (χ1) is 9.11. The van der Waals surface area contributed by atoms with Crippen molar-refractivity contribution in [2.75, 3.05) is 45.6 Å². The summed E-state index contributed by atoms with van der Waals surface area (Å²) in [7, 11) is 4.29. The van der Waals surface area contributed by atoms with Gasteiger partial charge in [0.05, 0.1) is 10.5 Å². The lowest BCUT2D eigenvalue weighted by Gasteiger charge is -2.36. The van der Waals surface area contributed by atoms with Crippen molar-refractivity contribution in [2.45, 2.75) is 19.4 Å². The third kappa shape index (κ3) is 3.64. The number of halogens is 1. The summed E-state index contributed by atoms with van der Waals surface area (Å²) < 4.78 is 0.927. The molecule has 1 atom stereocenters. The van der Waals surface area contributed by atoms with Crippen LogP contribution in [0.15, 0.2) is 10.7 Å². The summed E-state index contributed by atoms with van der Waals surface area (Å²) in [6.45, 7) is 6.20. The standard InChI is InChI=1S/C13H22BrN5/c1-4-5-15-12-10(14)8-16-13(17-12)11-9-18(2)6-7-19(11)3/h8,11H,4-7,9H2,1-3H3,(H,15,16,17). The van der Waals surface area contributed by atoms with Crippen molar-refractivity contribution in [1.29, 1.82) is 0 Å². The first-order valence-corrected chi connectivity index (χ1v) is 7.56. The third-order valence-electron chi connectivity index (χ3n) is 3.45. The molecule has 2 rings (SSSR count). The smallest absolute Gasteiger partial charge is 0.149 e. The minimum absolute atomic E-state index is 0.272. The van der Waals surface area contributed by atoms with Gasteiger partial charge in [0.2, 0.25) is 0 Å². The summed E-state index contributed by atoms with van der Waals surface area (Å²) in [5.74, 6) is 1.80. The van der Waals surface area contributed by atoms with Gasteiger partial charge in [-0.2, -0.15) is 0 Å². The minimum Gasteiger partial charge on any atom is -0.369 e. The Hall–Kier alpha value is -0.720. The van der Waals surface area contributed by atoms with Crippen LogP contribution in [0, 0.1) is 0 Å². The summed E-state index contributed by atoms with van der Waals surface area (Å²) >= 11 is 3.50. The van der Waals surface area contributed by atoms with Crippen LogP contribution in [0.5, 0.6) is 0 Å². The van der Waals surface area contributed by atoms with Crippen LogP contribution < -0.4 is 5.32 Å². The number of nitrogens with one attached hydrogen (secondary N) is 1. The van der Waals surface area contributed by atoms with E-state index in [4.69, 9.17) is 0 Å². The highest BCUT2D eigenvalue weighted by Crippen LogP contribution is 2.25. The van der Waals surface area contributed by atoms with E-state index in [0.717, 1.165) is 48.7 Å². The van der Waals surface area contributed by atoms with Gasteiger partial charge in [0, 0.05) is 32.4 Å². The molecule has 0 aliphatic carbocycles. The molecule has 1 aliphatic heterocycles. The summed E-state index contributed by atoms with van der Waals surface area (Å²) in [5, 5.41) is 3.34. The van der Waals surface area contributed by atoms with E-state index in [2.05, 4.69) is 62.0 Å². The van der Waals surface area contributed by atoms with Gasteiger partial charge in [-0.3, -0.25) is 4.90 Å². The molecule has 0 amide bonds. The van der Waals surface area contributed by atoms with Crippen molar-refractivity contribution >= 4 is 21.7 Å². The number of hydrogen-bond acceptors (Lipinski definition) is 5. The number of hydrogen-bond donors (Lipinski definition) is 1. The zero-order valence-electron chi connectivity index (χ0n) is 11.9. The highest BCUT2D eigenvalue weighted by Gasteiger charge is 2.26. The van der Waals surface area contributed by atoms with Crippen molar-refractivity contribution in [2.24, 2.45) is 0 Å². The molecule has 6 heteroatoms. The topological polar surface area (TPSA) is 44.3 Å². The van der Waals surface area contributed by atoms with E-state index < -0.39 is 0 Å². The van der Waals surface area contributed by atoms with Crippen LogP contribution in [-0.2, 0) is 0 Å². The quantitative estimate of drug-likeness (QED) is 0.916. The minimum atomic E-state index is 0.272. The molecule has 0 spiro atoms. The summed E-state index contributed by atoms with van der Waals surface area (Å²) in [5.41, 5.74) is 0. The normalized spacial score (nSPS) is 21.6. The fourth-order valence-electron chi connectivity index (χ4n) is 2.20. The average molecular weight is 328 g/mol. The van der Waals surface area contributed by atoms with Crippen molar-refractivity contribution in [1.82, 2.24) is 19.8 Å². The lowest BCUT2D eigenvalue weighted by atomic mass is 10.1. The maximum atomic E-state index is 4.68. The van der Waals surface area contributed by atoms with E-state index in [-0.39, 0.29) is 6.04 Å². The summed E-state index contributed by atoms with van der Waals surface area (Å²) in [4.78, 5) is 13.8. The Balaban J connectivity index is 2.19. The molecule has 1 N–H and O–H groups in total. The molecule has 2 heterocycles. The molecule has 0 bridgehead atoms. The summed E-state index contributed by atoms with van der Waals surface area (Å²) in [6, 6.07) is 0.272. The van der Waals surface area contributed by atoms with E-state index in [1.54, 1.807) is 0 Å². The van der Waals surface area contributed by atoms with E-state index in [9.17, 15) is 0 Å². The zero-order valence-corrected chi connectivity index (χ0v) is 13.4. The molecular weight excluding hydrogens is 306 g/mol. The Morgan fingerprint density at radius 2 is 2.21 bits per heavy atom. The molecule has 19 heavy (non-hydrogen) atoms. The van der Waals surface area contributed by atoms with Crippen molar-refractivity contribution in [3.05, 3.63) is 16.5 Å². The largest absolute Gasteiger partial charge is 0.369 e. The number of likely N-dealkylation sites (N-methyl/N-ethyl adjacent to an activating group) is 2. The molecule has 1 saturated heterocycles. The van der Waals surface area contributed by atoms with Crippen LogP contribution >= 0.6 is 15.9 Å². The van der Waals surface area contributed by atoms with Crippen molar-refractivity contribution in [3.63, 3.8) is 0 Å². The molecule has 5 nitrogen and oxygen atoms in total. The molecule has 1 aliphatic rings. The Bertz CT molecular complexity index is 425. The SMILES string of the molecule is CCCNc1nc(C2CN(C)CCN2C)ncc1Br. The van der Waals surface area contributed by atoms with E-state index in [1.807, 2.05) is 6.20 Å². The lowest BCUT2D eigenvalue weighted by Crippen LogP contribution is -2.45. The second-order valence-corrected chi connectivity index (χ2v) is 5.96. The predicted octanol–water partition coefficient (Wildman–Crippen LogP) is 1.98. The average Bonchev–Trinajstić information content (AvgIpc) is 2.41. The Morgan fingerprint density at radius 3 is 2.95 bits per heavy atom. The number of piperazine rings is 1. The van der Waals surface area contributed by atoms with Crippen LogP contribution in [0.1, 0.15) is 25.2 Å².